The number of halogens is 4. The summed E-state index contributed by atoms with van der Waals surface area (Å²) in [6, 6.07) is 11.8. The number of rotatable bonds is 5. The van der Waals surface area contributed by atoms with Gasteiger partial charge < -0.3 is 10.5 Å². The Hall–Kier alpha value is -4.79. The van der Waals surface area contributed by atoms with Gasteiger partial charge in [-0.2, -0.15) is 28.3 Å². The van der Waals surface area contributed by atoms with Gasteiger partial charge in [-0.1, -0.05) is 12.1 Å². The van der Waals surface area contributed by atoms with Crippen LogP contribution in [0.1, 0.15) is 40.1 Å². The molecule has 182 valence electrons. The van der Waals surface area contributed by atoms with Crippen LogP contribution in [0.3, 0.4) is 0 Å². The molecule has 1 N–H and O–H groups in total. The molecule has 1 atom stereocenters. The van der Waals surface area contributed by atoms with Crippen molar-refractivity contribution in [2.45, 2.75) is 19.1 Å². The first-order chi connectivity index (χ1) is 17.1. The van der Waals surface area contributed by atoms with E-state index in [1.807, 2.05) is 6.07 Å². The number of pyridine rings is 2. The zero-order valence-electron chi connectivity index (χ0n) is 18.5. The summed E-state index contributed by atoms with van der Waals surface area (Å²) in [5, 5.41) is 28.1. The lowest BCUT2D eigenvalue weighted by molar-refractivity contribution is -0.629. The number of hydrogen-bond acceptors (Lipinski definition) is 5. The topological polar surface area (TPSA) is 111 Å². The average molecular weight is 496 g/mol. The normalized spacial score (nSPS) is 12.1. The van der Waals surface area contributed by atoms with Gasteiger partial charge in [0.05, 0.1) is 29.4 Å². The standard InChI is InChI=1S/C24H16F4N6O2/c1-14(17-5-7-20(24(26,27)28)34(36)12-17)31-23(35)19-13-33(21-8-6-18(25)11-30-21)32-22(19)16-4-2-3-15(9-16)10-29/h2-9,11-14H,1H3,(H,31,35)/t14-/m1/s1. The third-order valence-electron chi connectivity index (χ3n) is 5.25. The van der Waals surface area contributed by atoms with Gasteiger partial charge in [0.1, 0.15) is 11.5 Å². The number of nitrogens with one attached hydrogen (secondary N) is 1. The third kappa shape index (κ3) is 5.00. The second kappa shape index (κ2) is 9.46. The fourth-order valence-corrected chi connectivity index (χ4v) is 3.44. The lowest BCUT2D eigenvalue weighted by Crippen LogP contribution is -2.38. The molecule has 0 saturated heterocycles. The first kappa shape index (κ1) is 24.3. The zero-order valence-corrected chi connectivity index (χ0v) is 18.5. The smallest absolute Gasteiger partial charge is 0.478 e. The number of nitrogens with zero attached hydrogens (tertiary/aromatic N) is 5. The molecule has 0 unspecified atom stereocenters. The quantitative estimate of drug-likeness (QED) is 0.254. The molecule has 1 amide bonds. The minimum absolute atomic E-state index is 0.0602. The van der Waals surface area contributed by atoms with E-state index in [4.69, 9.17) is 0 Å². The number of benzene rings is 1. The van der Waals surface area contributed by atoms with Gasteiger partial charge in [0.25, 0.3) is 11.6 Å². The fraction of sp³-hybridized carbons (Fsp3) is 0.125. The number of nitriles is 1. The van der Waals surface area contributed by atoms with Gasteiger partial charge in [0.15, 0.2) is 12.0 Å². The molecule has 8 nitrogen and oxygen atoms in total. The van der Waals surface area contributed by atoms with Gasteiger partial charge >= 0.3 is 6.18 Å². The van der Waals surface area contributed by atoms with Gasteiger partial charge in [-0.15, -0.1) is 0 Å². The summed E-state index contributed by atoms with van der Waals surface area (Å²) in [5.74, 6) is -0.992. The van der Waals surface area contributed by atoms with Gasteiger partial charge in [-0.05, 0) is 37.3 Å². The highest BCUT2D eigenvalue weighted by Gasteiger charge is 2.39. The summed E-state index contributed by atoms with van der Waals surface area (Å²) >= 11 is 0. The number of hydrogen-bond donors (Lipinski definition) is 1. The predicted octanol–water partition coefficient (Wildman–Crippen LogP) is 4.09. The molecule has 4 aromatic rings. The number of carbonyl (C=O) groups is 1. The van der Waals surface area contributed by atoms with Crippen LogP contribution in [0.25, 0.3) is 17.1 Å². The lowest BCUT2D eigenvalue weighted by atomic mass is 10.0. The largest absolute Gasteiger partial charge is 0.618 e. The molecular weight excluding hydrogens is 480 g/mol. The van der Waals surface area contributed by atoms with Crippen LogP contribution in [0, 0.1) is 22.4 Å². The Labute approximate surface area is 201 Å². The maximum atomic E-state index is 13.3. The van der Waals surface area contributed by atoms with E-state index in [1.54, 1.807) is 18.2 Å². The van der Waals surface area contributed by atoms with Crippen LogP contribution in [0.5, 0.6) is 0 Å². The summed E-state index contributed by atoms with van der Waals surface area (Å²) in [6.07, 6.45) is -1.73. The van der Waals surface area contributed by atoms with Crippen LogP contribution >= 0.6 is 0 Å². The Balaban J connectivity index is 1.70. The Bertz CT molecular complexity index is 1480. The Morgan fingerprint density at radius 1 is 1.22 bits per heavy atom. The van der Waals surface area contributed by atoms with Gasteiger partial charge in [0, 0.05) is 23.4 Å². The number of amides is 1. The minimum Gasteiger partial charge on any atom is -0.618 e. The number of alkyl halides is 3. The van der Waals surface area contributed by atoms with Crippen molar-refractivity contribution >= 4 is 5.91 Å². The van der Waals surface area contributed by atoms with Gasteiger partial charge in [0.2, 0.25) is 0 Å². The maximum Gasteiger partial charge on any atom is 0.478 e. The lowest BCUT2D eigenvalue weighted by Gasteiger charge is -2.15. The van der Waals surface area contributed by atoms with Crippen molar-refractivity contribution in [1.29, 1.82) is 5.26 Å². The summed E-state index contributed by atoms with van der Waals surface area (Å²) in [4.78, 5) is 17.2. The van der Waals surface area contributed by atoms with E-state index in [0.29, 0.717) is 17.2 Å². The van der Waals surface area contributed by atoms with Crippen molar-refractivity contribution < 1.29 is 27.1 Å². The molecule has 0 spiro atoms. The molecule has 36 heavy (non-hydrogen) atoms. The highest BCUT2D eigenvalue weighted by molar-refractivity contribution is 6.00. The van der Waals surface area contributed by atoms with Crippen molar-refractivity contribution in [2.75, 3.05) is 0 Å². The first-order valence-electron chi connectivity index (χ1n) is 10.4. The summed E-state index contributed by atoms with van der Waals surface area (Å²) < 4.78 is 53.0. The molecule has 3 heterocycles. The molecule has 0 aliphatic rings. The minimum atomic E-state index is -4.82. The first-order valence-corrected chi connectivity index (χ1v) is 10.4. The molecule has 0 fully saturated rings. The molecule has 0 aliphatic carbocycles. The van der Waals surface area contributed by atoms with Crippen LogP contribution in [0.2, 0.25) is 0 Å². The monoisotopic (exact) mass is 496 g/mol. The van der Waals surface area contributed by atoms with E-state index in [1.165, 1.54) is 36.0 Å². The van der Waals surface area contributed by atoms with E-state index >= 15 is 0 Å². The predicted molar refractivity (Wildman–Crippen MR) is 118 cm³/mol. The summed E-state index contributed by atoms with van der Waals surface area (Å²) in [5.41, 5.74) is -0.213. The van der Waals surface area contributed by atoms with E-state index < -0.39 is 29.6 Å². The van der Waals surface area contributed by atoms with Gasteiger partial charge in [-0.3, -0.25) is 4.79 Å². The van der Waals surface area contributed by atoms with Crippen molar-refractivity contribution in [3.63, 3.8) is 0 Å². The van der Waals surface area contributed by atoms with Crippen LogP contribution in [-0.2, 0) is 6.18 Å². The van der Waals surface area contributed by atoms with Crippen molar-refractivity contribution in [1.82, 2.24) is 20.1 Å². The van der Waals surface area contributed by atoms with Crippen molar-refractivity contribution in [2.24, 2.45) is 0 Å². The molecule has 1 aromatic carbocycles. The second-order valence-corrected chi connectivity index (χ2v) is 7.73. The van der Waals surface area contributed by atoms with E-state index in [9.17, 15) is 32.8 Å². The highest BCUT2D eigenvalue weighted by atomic mass is 19.4. The molecule has 3 aromatic heterocycles. The molecule has 0 bridgehead atoms. The second-order valence-electron chi connectivity index (χ2n) is 7.73. The molecule has 4 rings (SSSR count). The van der Waals surface area contributed by atoms with Crippen LogP contribution in [0.15, 0.2) is 67.1 Å². The summed E-state index contributed by atoms with van der Waals surface area (Å²) in [7, 11) is 0. The SMILES string of the molecule is C[C@@H](NC(=O)c1cn(-c2ccc(F)cn2)nc1-c1cccc(C#N)c1)c1ccc(C(F)(F)F)[n+]([O-])c1. The van der Waals surface area contributed by atoms with Crippen LogP contribution < -0.4 is 10.0 Å². The van der Waals surface area contributed by atoms with Crippen molar-refractivity contribution in [3.05, 3.63) is 101 Å². The van der Waals surface area contributed by atoms with E-state index in [0.717, 1.165) is 18.5 Å². The van der Waals surface area contributed by atoms with Crippen LogP contribution in [0.4, 0.5) is 17.6 Å². The molecule has 12 heteroatoms. The highest BCUT2D eigenvalue weighted by Crippen LogP contribution is 2.28. The number of carbonyl (C=O) groups excluding carboxylic acids is 1. The zero-order chi connectivity index (χ0) is 26.0. The Morgan fingerprint density at radius 3 is 2.64 bits per heavy atom. The molecule has 0 radical (unpaired) electrons. The maximum absolute atomic E-state index is 13.3. The molecule has 0 aliphatic heterocycles. The fourth-order valence-electron chi connectivity index (χ4n) is 3.44. The molecular formula is C24H16F4N6O2. The molecule has 0 saturated carbocycles. The number of aromatic nitrogens is 4. The third-order valence-corrected chi connectivity index (χ3v) is 5.25. The van der Waals surface area contributed by atoms with E-state index in [2.05, 4.69) is 15.4 Å². The van der Waals surface area contributed by atoms with Crippen LogP contribution in [-0.4, -0.2) is 20.7 Å². The Morgan fingerprint density at radius 2 is 2.00 bits per heavy atom. The Kier molecular flexibility index (Phi) is 6.39. The average Bonchev–Trinajstić information content (AvgIpc) is 3.29. The summed E-state index contributed by atoms with van der Waals surface area (Å²) in [6.45, 7) is 1.50. The van der Waals surface area contributed by atoms with Crippen molar-refractivity contribution in [3.8, 4) is 23.1 Å². The van der Waals surface area contributed by atoms with E-state index in [-0.39, 0.29) is 27.4 Å². The van der Waals surface area contributed by atoms with Gasteiger partial charge in [-0.25, -0.2) is 14.1 Å².